The maximum atomic E-state index is 12.5. The Balaban J connectivity index is 3.59. The molecule has 0 spiro atoms. The maximum Gasteiger partial charge on any atom is 0.249 e. The van der Waals surface area contributed by atoms with Crippen LogP contribution in [0, 0.1) is 0 Å². The van der Waals surface area contributed by atoms with Gasteiger partial charge in [-0.3, -0.25) is 4.79 Å². The first kappa shape index (κ1) is 55.3. The second kappa shape index (κ2) is 45.4. The molecular weight excluding hydrogens is 695 g/mol. The second-order valence-electron chi connectivity index (χ2n) is 17.9. The minimum absolute atomic E-state index is 0.376. The molecule has 0 saturated carbocycles. The Hall–Kier alpha value is -0.690. The number of carbonyl (C=O) groups excluding carboxylic acids is 1. The number of unbranched alkanes of at least 4 members (excludes halogenated alkanes) is 38. The summed E-state index contributed by atoms with van der Waals surface area (Å²) in [5, 5.41) is 43.8. The van der Waals surface area contributed by atoms with Crippen molar-refractivity contribution in [1.29, 1.82) is 0 Å². The summed E-state index contributed by atoms with van der Waals surface area (Å²) < 4.78 is 0. The van der Waals surface area contributed by atoms with Gasteiger partial charge in [-0.05, 0) is 12.8 Å². The molecule has 0 radical (unpaired) electrons. The summed E-state index contributed by atoms with van der Waals surface area (Å²) >= 11 is 0. The molecule has 336 valence electrons. The lowest BCUT2D eigenvalue weighted by molar-refractivity contribution is -0.132. The lowest BCUT2D eigenvalue weighted by Crippen LogP contribution is -2.53. The van der Waals surface area contributed by atoms with Gasteiger partial charge in [0.25, 0.3) is 0 Å². The summed E-state index contributed by atoms with van der Waals surface area (Å²) in [5.41, 5.74) is 0. The van der Waals surface area contributed by atoms with Crippen molar-refractivity contribution in [3.63, 3.8) is 0 Å². The molecule has 0 aliphatic heterocycles. The molecule has 0 aromatic rings. The van der Waals surface area contributed by atoms with Crippen molar-refractivity contribution in [1.82, 2.24) is 5.32 Å². The number of hydrogen-bond acceptors (Lipinski definition) is 5. The first-order chi connectivity index (χ1) is 27.5. The van der Waals surface area contributed by atoms with Crippen molar-refractivity contribution in [2.45, 2.75) is 308 Å². The number of carbonyl (C=O) groups is 1. The fourth-order valence-electron chi connectivity index (χ4n) is 8.29. The topological polar surface area (TPSA) is 110 Å². The van der Waals surface area contributed by atoms with Crippen molar-refractivity contribution >= 4 is 5.91 Å². The number of aliphatic hydroxyl groups is 4. The van der Waals surface area contributed by atoms with Crippen LogP contribution in [0.1, 0.15) is 284 Å². The summed E-state index contributed by atoms with van der Waals surface area (Å²) in [6.07, 6.45) is 50.1. The SMILES string of the molecule is CCCCCCCCCCCCCCCCCCCCCCCCCCCCC(O)C(=O)NC(CO)C(O)C(O)CCCCCCCCCCCCCCCC. The molecule has 1 amide bonds. The summed E-state index contributed by atoms with van der Waals surface area (Å²) in [4.78, 5) is 12.5. The average Bonchev–Trinajstić information content (AvgIpc) is 3.20. The van der Waals surface area contributed by atoms with Gasteiger partial charge in [0.15, 0.2) is 0 Å². The van der Waals surface area contributed by atoms with Crippen LogP contribution >= 0.6 is 0 Å². The van der Waals surface area contributed by atoms with Gasteiger partial charge >= 0.3 is 0 Å². The molecule has 0 aliphatic rings. The smallest absolute Gasteiger partial charge is 0.249 e. The number of aliphatic hydroxyl groups excluding tert-OH is 4. The van der Waals surface area contributed by atoms with Gasteiger partial charge in [0, 0.05) is 0 Å². The highest BCUT2D eigenvalue weighted by Gasteiger charge is 2.28. The van der Waals surface area contributed by atoms with E-state index in [1.54, 1.807) is 0 Å². The average molecular weight is 796 g/mol. The van der Waals surface area contributed by atoms with Crippen LogP contribution < -0.4 is 5.32 Å². The Labute approximate surface area is 350 Å². The van der Waals surface area contributed by atoms with Gasteiger partial charge in [-0.15, -0.1) is 0 Å². The molecule has 0 rings (SSSR count). The summed E-state index contributed by atoms with van der Waals surface area (Å²) in [7, 11) is 0. The fourth-order valence-corrected chi connectivity index (χ4v) is 8.29. The van der Waals surface area contributed by atoms with Gasteiger partial charge in [-0.1, -0.05) is 271 Å². The molecule has 4 unspecified atom stereocenters. The monoisotopic (exact) mass is 796 g/mol. The minimum Gasteiger partial charge on any atom is -0.394 e. The van der Waals surface area contributed by atoms with E-state index < -0.39 is 36.9 Å². The van der Waals surface area contributed by atoms with Gasteiger partial charge < -0.3 is 25.7 Å². The van der Waals surface area contributed by atoms with Crippen molar-refractivity contribution in [2.24, 2.45) is 0 Å². The van der Waals surface area contributed by atoms with Gasteiger partial charge in [0.2, 0.25) is 5.91 Å². The highest BCUT2D eigenvalue weighted by atomic mass is 16.3. The van der Waals surface area contributed by atoms with Crippen molar-refractivity contribution in [3.05, 3.63) is 0 Å². The number of hydrogen-bond donors (Lipinski definition) is 5. The molecule has 6 nitrogen and oxygen atoms in total. The van der Waals surface area contributed by atoms with Crippen LogP contribution in [0.3, 0.4) is 0 Å². The standard InChI is InChI=1S/C50H101NO5/c1-3-5-7-9-11-13-15-17-19-20-21-22-23-24-25-26-27-28-29-30-32-34-36-38-40-42-44-48(54)50(56)51-46(45-52)49(55)47(53)43-41-39-37-35-33-31-18-16-14-12-10-8-6-4-2/h46-49,52-55H,3-45H2,1-2H3,(H,51,56). The molecule has 0 fully saturated rings. The first-order valence-corrected chi connectivity index (χ1v) is 25.4. The molecule has 0 heterocycles. The van der Waals surface area contributed by atoms with Crippen LogP contribution in [0.5, 0.6) is 0 Å². The summed E-state index contributed by atoms with van der Waals surface area (Å²) in [6.45, 7) is 4.08. The van der Waals surface area contributed by atoms with E-state index in [9.17, 15) is 25.2 Å². The first-order valence-electron chi connectivity index (χ1n) is 25.4. The van der Waals surface area contributed by atoms with Crippen molar-refractivity contribution < 1.29 is 25.2 Å². The molecule has 56 heavy (non-hydrogen) atoms. The van der Waals surface area contributed by atoms with Crippen molar-refractivity contribution in [2.75, 3.05) is 6.61 Å². The zero-order valence-electron chi connectivity index (χ0n) is 37.9. The third-order valence-electron chi connectivity index (χ3n) is 12.3. The van der Waals surface area contributed by atoms with E-state index in [-0.39, 0.29) is 0 Å². The Morgan fingerprint density at radius 2 is 0.607 bits per heavy atom. The van der Waals surface area contributed by atoms with Crippen LogP contribution in [0.25, 0.3) is 0 Å². The Bertz CT molecular complexity index is 766. The zero-order chi connectivity index (χ0) is 41.0. The quantitative estimate of drug-likeness (QED) is 0.0394. The lowest BCUT2D eigenvalue weighted by Gasteiger charge is -2.27. The second-order valence-corrected chi connectivity index (χ2v) is 17.9. The normalized spacial score (nSPS) is 13.9. The van der Waals surface area contributed by atoms with E-state index in [0.29, 0.717) is 12.8 Å². The van der Waals surface area contributed by atoms with Gasteiger partial charge in [-0.2, -0.15) is 0 Å². The van der Waals surface area contributed by atoms with E-state index in [1.165, 1.54) is 218 Å². The molecule has 0 aromatic carbocycles. The molecule has 0 bridgehead atoms. The number of amides is 1. The molecule has 0 aliphatic carbocycles. The highest BCUT2D eigenvalue weighted by Crippen LogP contribution is 2.18. The van der Waals surface area contributed by atoms with Crippen LogP contribution in [0.4, 0.5) is 0 Å². The number of rotatable bonds is 47. The molecule has 6 heteroatoms. The Morgan fingerprint density at radius 3 is 0.857 bits per heavy atom. The molecule has 0 aromatic heterocycles. The summed E-state index contributed by atoms with van der Waals surface area (Å²) in [5.74, 6) is -0.577. The lowest BCUT2D eigenvalue weighted by atomic mass is 9.99. The molecule has 5 N–H and O–H groups in total. The highest BCUT2D eigenvalue weighted by molar-refractivity contribution is 5.80. The Morgan fingerprint density at radius 1 is 0.375 bits per heavy atom. The minimum atomic E-state index is -1.25. The van der Waals surface area contributed by atoms with Crippen LogP contribution in [-0.4, -0.2) is 57.3 Å². The molecule has 0 saturated heterocycles. The number of nitrogens with one attached hydrogen (secondary N) is 1. The van der Waals surface area contributed by atoms with E-state index in [2.05, 4.69) is 19.2 Å². The van der Waals surface area contributed by atoms with Gasteiger partial charge in [-0.25, -0.2) is 0 Å². The predicted octanol–water partition coefficient (Wildman–Crippen LogP) is 14.0. The van der Waals surface area contributed by atoms with E-state index in [1.807, 2.05) is 0 Å². The third kappa shape index (κ3) is 38.8. The fraction of sp³-hybridized carbons (Fsp3) is 0.980. The molecule has 4 atom stereocenters. The van der Waals surface area contributed by atoms with Crippen LogP contribution in [0.15, 0.2) is 0 Å². The van der Waals surface area contributed by atoms with E-state index in [4.69, 9.17) is 0 Å². The van der Waals surface area contributed by atoms with Crippen molar-refractivity contribution in [3.8, 4) is 0 Å². The van der Waals surface area contributed by atoms with Gasteiger partial charge in [0.05, 0.1) is 18.8 Å². The maximum absolute atomic E-state index is 12.5. The largest absolute Gasteiger partial charge is 0.394 e. The van der Waals surface area contributed by atoms with Crippen LogP contribution in [0.2, 0.25) is 0 Å². The Kier molecular flexibility index (Phi) is 44.8. The van der Waals surface area contributed by atoms with Gasteiger partial charge in [0.1, 0.15) is 12.2 Å². The van der Waals surface area contributed by atoms with E-state index in [0.717, 1.165) is 38.5 Å². The molecular formula is C50H101NO5. The van der Waals surface area contributed by atoms with E-state index >= 15 is 0 Å². The summed E-state index contributed by atoms with van der Waals surface area (Å²) in [6, 6.07) is -0.979. The predicted molar refractivity (Wildman–Crippen MR) is 242 cm³/mol. The van der Waals surface area contributed by atoms with Crippen LogP contribution in [-0.2, 0) is 4.79 Å². The zero-order valence-corrected chi connectivity index (χ0v) is 37.9. The third-order valence-corrected chi connectivity index (χ3v) is 12.3.